The number of amides is 1. The van der Waals surface area contributed by atoms with Gasteiger partial charge >= 0.3 is 0 Å². The molecule has 1 amide bonds. The zero-order valence-corrected chi connectivity index (χ0v) is 13.8. The van der Waals surface area contributed by atoms with E-state index in [1.807, 2.05) is 34.0 Å². The van der Waals surface area contributed by atoms with Crippen LogP contribution in [-0.2, 0) is 0 Å². The van der Waals surface area contributed by atoms with Crippen LogP contribution in [0.3, 0.4) is 0 Å². The van der Waals surface area contributed by atoms with Crippen molar-refractivity contribution in [3.05, 3.63) is 22.2 Å². The monoisotopic (exact) mass is 306 g/mol. The Morgan fingerprint density at radius 2 is 2.14 bits per heavy atom. The molecule has 2 aromatic heterocycles. The summed E-state index contributed by atoms with van der Waals surface area (Å²) < 4.78 is 0. The van der Waals surface area contributed by atoms with Gasteiger partial charge in [-0.15, -0.1) is 11.3 Å². The first-order chi connectivity index (χ1) is 9.90. The normalized spacial score (nSPS) is 11.3. The number of nitrogens with one attached hydrogen (secondary N) is 1. The Labute approximate surface area is 129 Å². The van der Waals surface area contributed by atoms with Crippen LogP contribution in [0.4, 0.5) is 5.69 Å². The van der Waals surface area contributed by atoms with E-state index in [1.165, 1.54) is 11.3 Å². The van der Waals surface area contributed by atoms with Gasteiger partial charge in [0.15, 0.2) is 0 Å². The number of fused-ring (bicyclic) bond motifs is 1. The van der Waals surface area contributed by atoms with Crippen LogP contribution >= 0.6 is 11.3 Å². The third kappa shape index (κ3) is 3.51. The van der Waals surface area contributed by atoms with E-state index in [0.29, 0.717) is 17.1 Å². The van der Waals surface area contributed by atoms with E-state index >= 15 is 0 Å². The summed E-state index contributed by atoms with van der Waals surface area (Å²) in [7, 11) is 4.03. The molecule has 6 heteroatoms. The molecule has 114 valence electrons. The largest absolute Gasteiger partial charge is 0.397 e. The highest BCUT2D eigenvalue weighted by Crippen LogP contribution is 2.34. The summed E-state index contributed by atoms with van der Waals surface area (Å²) in [6.45, 7) is 5.54. The molecule has 2 aromatic rings. The van der Waals surface area contributed by atoms with Gasteiger partial charge in [-0.25, -0.2) is 4.98 Å². The maximum Gasteiger partial charge on any atom is 0.263 e. The van der Waals surface area contributed by atoms with Gasteiger partial charge in [0, 0.05) is 17.6 Å². The van der Waals surface area contributed by atoms with Crippen LogP contribution in [0.5, 0.6) is 0 Å². The van der Waals surface area contributed by atoms with Gasteiger partial charge in [0.1, 0.15) is 9.71 Å². The minimum absolute atomic E-state index is 0.105. The first-order valence-corrected chi connectivity index (χ1v) is 7.81. The molecule has 0 radical (unpaired) electrons. The molecule has 21 heavy (non-hydrogen) atoms. The summed E-state index contributed by atoms with van der Waals surface area (Å²) in [4.78, 5) is 20.2. The second-order valence-corrected chi connectivity index (χ2v) is 6.52. The number of rotatable bonds is 5. The van der Waals surface area contributed by atoms with Crippen molar-refractivity contribution < 1.29 is 4.79 Å². The fraction of sp³-hybridized carbons (Fsp3) is 0.467. The molecule has 0 saturated carbocycles. The lowest BCUT2D eigenvalue weighted by atomic mass is 10.1. The summed E-state index contributed by atoms with van der Waals surface area (Å²) >= 11 is 1.37. The first-order valence-electron chi connectivity index (χ1n) is 6.99. The zero-order valence-electron chi connectivity index (χ0n) is 13.0. The van der Waals surface area contributed by atoms with Gasteiger partial charge < -0.3 is 16.0 Å². The van der Waals surface area contributed by atoms with Crippen LogP contribution in [0.25, 0.3) is 10.2 Å². The molecule has 0 aliphatic heterocycles. The molecule has 2 heterocycles. The van der Waals surface area contributed by atoms with Crippen molar-refractivity contribution in [1.29, 1.82) is 0 Å². The number of hydrogen-bond acceptors (Lipinski definition) is 5. The van der Waals surface area contributed by atoms with Gasteiger partial charge in [-0.3, -0.25) is 4.79 Å². The van der Waals surface area contributed by atoms with E-state index < -0.39 is 0 Å². The van der Waals surface area contributed by atoms with Crippen LogP contribution in [0, 0.1) is 13.8 Å². The molecule has 5 nitrogen and oxygen atoms in total. The standard InChI is InChI=1S/C15H22N4OS/c1-9-8-10(2)18-15-11(9)12(16)13(21-15)14(20)17-6-5-7-19(3)4/h8H,5-7,16H2,1-4H3,(H,17,20). The van der Waals surface area contributed by atoms with Gasteiger partial charge in [-0.05, 0) is 52.5 Å². The molecule has 0 fully saturated rings. The third-order valence-corrected chi connectivity index (χ3v) is 4.40. The number of pyridine rings is 1. The molecular formula is C15H22N4OS. The zero-order chi connectivity index (χ0) is 15.6. The van der Waals surface area contributed by atoms with Crippen molar-refractivity contribution in [2.45, 2.75) is 20.3 Å². The van der Waals surface area contributed by atoms with E-state index in [-0.39, 0.29) is 5.91 Å². The molecular weight excluding hydrogens is 284 g/mol. The van der Waals surface area contributed by atoms with Crippen molar-refractivity contribution in [3.63, 3.8) is 0 Å². The summed E-state index contributed by atoms with van der Waals surface area (Å²) in [5, 5.41) is 3.83. The van der Waals surface area contributed by atoms with Crippen molar-refractivity contribution in [2.75, 3.05) is 32.9 Å². The van der Waals surface area contributed by atoms with Crippen LogP contribution < -0.4 is 11.1 Å². The van der Waals surface area contributed by atoms with Crippen molar-refractivity contribution >= 4 is 33.1 Å². The lowest BCUT2D eigenvalue weighted by Crippen LogP contribution is -2.27. The van der Waals surface area contributed by atoms with Gasteiger partial charge in [0.05, 0.1) is 5.69 Å². The molecule has 0 aliphatic rings. The molecule has 0 atom stereocenters. The summed E-state index contributed by atoms with van der Waals surface area (Å²) in [6, 6.07) is 1.99. The van der Waals surface area contributed by atoms with E-state index in [1.54, 1.807) is 0 Å². The highest BCUT2D eigenvalue weighted by Gasteiger charge is 2.18. The van der Waals surface area contributed by atoms with Crippen LogP contribution in [0.15, 0.2) is 6.07 Å². The number of aryl methyl sites for hydroxylation is 2. The maximum atomic E-state index is 12.3. The number of nitrogen functional groups attached to an aromatic ring is 1. The number of thiophene rings is 1. The Morgan fingerprint density at radius 1 is 1.43 bits per heavy atom. The van der Waals surface area contributed by atoms with Crippen LogP contribution in [0.2, 0.25) is 0 Å². The minimum Gasteiger partial charge on any atom is -0.397 e. The SMILES string of the molecule is Cc1cc(C)c2c(N)c(C(=O)NCCCN(C)C)sc2n1. The summed E-state index contributed by atoms with van der Waals surface area (Å²) in [5.41, 5.74) is 8.70. The van der Waals surface area contributed by atoms with Gasteiger partial charge in [0.25, 0.3) is 5.91 Å². The molecule has 0 spiro atoms. The van der Waals surface area contributed by atoms with Gasteiger partial charge in [0.2, 0.25) is 0 Å². The Balaban J connectivity index is 2.16. The lowest BCUT2D eigenvalue weighted by molar-refractivity contribution is 0.0957. The second-order valence-electron chi connectivity index (χ2n) is 5.52. The molecule has 0 aliphatic carbocycles. The van der Waals surface area contributed by atoms with Crippen molar-refractivity contribution in [1.82, 2.24) is 15.2 Å². The topological polar surface area (TPSA) is 71.2 Å². The number of carbonyl (C=O) groups excluding carboxylic acids is 1. The maximum absolute atomic E-state index is 12.3. The van der Waals surface area contributed by atoms with Gasteiger partial charge in [-0.2, -0.15) is 0 Å². The molecule has 0 aromatic carbocycles. The molecule has 0 saturated heterocycles. The Bertz CT molecular complexity index is 663. The average molecular weight is 306 g/mol. The highest BCUT2D eigenvalue weighted by molar-refractivity contribution is 7.21. The van der Waals surface area contributed by atoms with Gasteiger partial charge in [-0.1, -0.05) is 0 Å². The summed E-state index contributed by atoms with van der Waals surface area (Å²) in [6.07, 6.45) is 0.917. The number of nitrogens with zero attached hydrogens (tertiary/aromatic N) is 2. The smallest absolute Gasteiger partial charge is 0.263 e. The fourth-order valence-electron chi connectivity index (χ4n) is 2.32. The number of hydrogen-bond donors (Lipinski definition) is 2. The lowest BCUT2D eigenvalue weighted by Gasteiger charge is -2.09. The second kappa shape index (κ2) is 6.41. The third-order valence-electron chi connectivity index (χ3n) is 3.30. The molecule has 0 bridgehead atoms. The average Bonchev–Trinajstić information content (AvgIpc) is 2.71. The van der Waals surface area contributed by atoms with E-state index in [9.17, 15) is 4.79 Å². The van der Waals surface area contributed by atoms with E-state index in [4.69, 9.17) is 5.73 Å². The fourth-order valence-corrected chi connectivity index (χ4v) is 3.45. The number of aromatic nitrogens is 1. The minimum atomic E-state index is -0.105. The summed E-state index contributed by atoms with van der Waals surface area (Å²) in [5.74, 6) is -0.105. The predicted molar refractivity (Wildman–Crippen MR) is 89.0 cm³/mol. The van der Waals surface area contributed by atoms with Crippen molar-refractivity contribution in [3.8, 4) is 0 Å². The Morgan fingerprint density at radius 3 is 2.81 bits per heavy atom. The van der Waals surface area contributed by atoms with Crippen molar-refractivity contribution in [2.24, 2.45) is 0 Å². The predicted octanol–water partition coefficient (Wildman–Crippen LogP) is 2.18. The molecule has 2 rings (SSSR count). The quantitative estimate of drug-likeness (QED) is 0.831. The van der Waals surface area contributed by atoms with Crippen LogP contribution in [-0.4, -0.2) is 43.0 Å². The molecule has 3 N–H and O–H groups in total. The van der Waals surface area contributed by atoms with Crippen LogP contribution in [0.1, 0.15) is 27.3 Å². The Hall–Kier alpha value is -1.66. The first kappa shape index (κ1) is 15.7. The number of anilines is 1. The van der Waals surface area contributed by atoms with E-state index in [0.717, 1.165) is 34.4 Å². The Kier molecular flexibility index (Phi) is 4.80. The number of nitrogens with two attached hydrogens (primary N) is 1. The van der Waals surface area contributed by atoms with E-state index in [2.05, 4.69) is 15.2 Å². The molecule has 0 unspecified atom stereocenters. The highest BCUT2D eigenvalue weighted by atomic mass is 32.1. The number of carbonyl (C=O) groups is 1.